The van der Waals surface area contributed by atoms with E-state index in [0.717, 1.165) is 11.4 Å². The highest BCUT2D eigenvalue weighted by molar-refractivity contribution is 7.71. The highest BCUT2D eigenvalue weighted by Crippen LogP contribution is 2.13. The number of benzene rings is 1. The molecule has 0 spiro atoms. The van der Waals surface area contributed by atoms with Gasteiger partial charge in [-0.1, -0.05) is 30.3 Å². The zero-order valence-corrected chi connectivity index (χ0v) is 14.8. The molecule has 0 aliphatic rings. The summed E-state index contributed by atoms with van der Waals surface area (Å²) in [4.78, 5) is 18.2. The summed E-state index contributed by atoms with van der Waals surface area (Å²) in [5, 5.41) is 6.12. The van der Waals surface area contributed by atoms with Crippen LogP contribution in [0.1, 0.15) is 20.8 Å². The van der Waals surface area contributed by atoms with Crippen molar-refractivity contribution in [3.63, 3.8) is 0 Å². The van der Waals surface area contributed by atoms with Crippen LogP contribution in [0, 0.1) is 4.77 Å². The van der Waals surface area contributed by atoms with Crippen molar-refractivity contribution in [3.05, 3.63) is 35.1 Å². The van der Waals surface area contributed by atoms with Gasteiger partial charge in [-0.2, -0.15) is 4.98 Å². The van der Waals surface area contributed by atoms with E-state index in [1.165, 1.54) is 0 Å². The average molecular weight is 333 g/mol. The molecule has 0 saturated carbocycles. The molecular formula is C16H23N5OS. The molecule has 23 heavy (non-hydrogen) atoms. The van der Waals surface area contributed by atoms with Gasteiger partial charge in [-0.25, -0.2) is 4.68 Å². The zero-order chi connectivity index (χ0) is 17.0. The van der Waals surface area contributed by atoms with Gasteiger partial charge in [-0.05, 0) is 40.0 Å². The van der Waals surface area contributed by atoms with Crippen LogP contribution < -0.4 is 5.32 Å². The fraction of sp³-hybridized carbons (Fsp3) is 0.438. The van der Waals surface area contributed by atoms with Gasteiger partial charge in [-0.3, -0.25) is 14.8 Å². The van der Waals surface area contributed by atoms with Crippen molar-refractivity contribution in [3.8, 4) is 11.4 Å². The first-order chi connectivity index (χ1) is 10.7. The molecule has 2 aromatic rings. The van der Waals surface area contributed by atoms with Gasteiger partial charge < -0.3 is 5.32 Å². The van der Waals surface area contributed by atoms with E-state index in [2.05, 4.69) is 15.4 Å². The number of nitrogens with zero attached hydrogens (tertiary/aromatic N) is 3. The lowest BCUT2D eigenvalue weighted by atomic mass is 10.1. The summed E-state index contributed by atoms with van der Waals surface area (Å²) in [6.45, 7) is 6.64. The highest BCUT2D eigenvalue weighted by Gasteiger charge is 2.15. The quantitative estimate of drug-likeness (QED) is 0.825. The SMILES string of the molecule is CN(CC(=O)NC(C)(C)C)Cn1[nH]c(-c2ccccc2)nc1=S. The standard InChI is InChI=1S/C16H23N5OS/c1-16(2,3)18-13(22)10-20(4)11-21-15(23)17-14(19-21)12-8-6-5-7-9-12/h5-9H,10-11H2,1-4H3,(H,18,22)(H,17,19,23). The number of carbonyl (C=O) groups excluding carboxylic acids is 1. The van der Waals surface area contributed by atoms with Crippen LogP contribution in [0.25, 0.3) is 11.4 Å². The normalized spacial score (nSPS) is 11.7. The molecule has 2 N–H and O–H groups in total. The minimum absolute atomic E-state index is 0.0192. The Kier molecular flexibility index (Phi) is 5.33. The summed E-state index contributed by atoms with van der Waals surface area (Å²) < 4.78 is 2.22. The number of amides is 1. The maximum atomic E-state index is 12.0. The van der Waals surface area contributed by atoms with Crippen molar-refractivity contribution >= 4 is 18.1 Å². The Bertz CT molecular complexity index is 714. The molecule has 0 aliphatic heterocycles. The first-order valence-corrected chi connectivity index (χ1v) is 7.87. The molecule has 1 heterocycles. The van der Waals surface area contributed by atoms with Crippen LogP contribution in [0.15, 0.2) is 30.3 Å². The third kappa shape index (κ3) is 5.30. The zero-order valence-electron chi connectivity index (χ0n) is 14.0. The van der Waals surface area contributed by atoms with E-state index < -0.39 is 0 Å². The molecule has 124 valence electrons. The molecular weight excluding hydrogens is 310 g/mol. The predicted molar refractivity (Wildman–Crippen MR) is 93.4 cm³/mol. The van der Waals surface area contributed by atoms with E-state index in [-0.39, 0.29) is 11.4 Å². The third-order valence-electron chi connectivity index (χ3n) is 3.04. The van der Waals surface area contributed by atoms with E-state index in [1.807, 2.05) is 63.1 Å². The van der Waals surface area contributed by atoms with E-state index in [1.54, 1.807) is 4.68 Å². The molecule has 0 aliphatic carbocycles. The molecule has 1 amide bonds. The number of H-pyrrole nitrogens is 1. The van der Waals surface area contributed by atoms with E-state index in [0.29, 0.717) is 18.0 Å². The Morgan fingerprint density at radius 3 is 2.61 bits per heavy atom. The molecule has 2 rings (SSSR count). The second kappa shape index (κ2) is 7.06. The number of carbonyl (C=O) groups is 1. The summed E-state index contributed by atoms with van der Waals surface area (Å²) in [6.07, 6.45) is 0. The van der Waals surface area contributed by atoms with Crippen LogP contribution in [0.4, 0.5) is 0 Å². The summed E-state index contributed by atoms with van der Waals surface area (Å²) in [5.74, 6) is 0.706. The molecule has 0 unspecified atom stereocenters. The summed E-state index contributed by atoms with van der Waals surface area (Å²) in [5.41, 5.74) is 0.744. The van der Waals surface area contributed by atoms with Gasteiger partial charge in [0, 0.05) is 11.1 Å². The lowest BCUT2D eigenvalue weighted by Crippen LogP contribution is -2.45. The number of likely N-dealkylation sites (N-methyl/N-ethyl adjacent to an activating group) is 1. The molecule has 0 radical (unpaired) electrons. The van der Waals surface area contributed by atoms with Crippen LogP contribution >= 0.6 is 12.2 Å². The van der Waals surface area contributed by atoms with Crippen molar-refractivity contribution in [2.75, 3.05) is 13.6 Å². The maximum Gasteiger partial charge on any atom is 0.234 e. The Morgan fingerprint density at radius 1 is 1.35 bits per heavy atom. The van der Waals surface area contributed by atoms with Crippen molar-refractivity contribution in [2.45, 2.75) is 33.0 Å². The molecule has 0 atom stereocenters. The molecule has 1 aromatic heterocycles. The maximum absolute atomic E-state index is 12.0. The van der Waals surface area contributed by atoms with E-state index in [4.69, 9.17) is 12.2 Å². The topological polar surface area (TPSA) is 66.0 Å². The molecule has 6 nitrogen and oxygen atoms in total. The molecule has 7 heteroatoms. The van der Waals surface area contributed by atoms with Crippen LogP contribution in [0.2, 0.25) is 0 Å². The molecule has 0 saturated heterocycles. The van der Waals surface area contributed by atoms with Crippen LogP contribution in [-0.2, 0) is 11.5 Å². The fourth-order valence-corrected chi connectivity index (χ4v) is 2.37. The third-order valence-corrected chi connectivity index (χ3v) is 3.35. The van der Waals surface area contributed by atoms with Gasteiger partial charge >= 0.3 is 0 Å². The van der Waals surface area contributed by atoms with Crippen molar-refractivity contribution in [1.29, 1.82) is 0 Å². The van der Waals surface area contributed by atoms with Crippen LogP contribution in [0.5, 0.6) is 0 Å². The van der Waals surface area contributed by atoms with Crippen LogP contribution in [0.3, 0.4) is 0 Å². The first-order valence-electron chi connectivity index (χ1n) is 7.46. The highest BCUT2D eigenvalue weighted by atomic mass is 32.1. The monoisotopic (exact) mass is 333 g/mol. The van der Waals surface area contributed by atoms with Gasteiger partial charge in [0.2, 0.25) is 10.7 Å². The van der Waals surface area contributed by atoms with Gasteiger partial charge in [0.25, 0.3) is 0 Å². The number of aromatic amines is 1. The lowest BCUT2D eigenvalue weighted by Gasteiger charge is -2.23. The summed E-state index contributed by atoms with van der Waals surface area (Å²) in [6, 6.07) is 9.80. The number of aromatic nitrogens is 3. The van der Waals surface area contributed by atoms with Gasteiger partial charge in [0.15, 0.2) is 5.82 Å². The molecule has 0 bridgehead atoms. The van der Waals surface area contributed by atoms with E-state index in [9.17, 15) is 4.79 Å². The Labute approximate surface area is 141 Å². The minimum Gasteiger partial charge on any atom is -0.350 e. The Hall–Kier alpha value is -1.99. The van der Waals surface area contributed by atoms with Gasteiger partial charge in [0.1, 0.15) is 0 Å². The Balaban J connectivity index is 2.02. The lowest BCUT2D eigenvalue weighted by molar-refractivity contribution is -0.123. The number of hydrogen-bond acceptors (Lipinski definition) is 4. The van der Waals surface area contributed by atoms with Gasteiger partial charge in [0.05, 0.1) is 13.2 Å². The smallest absolute Gasteiger partial charge is 0.234 e. The Morgan fingerprint density at radius 2 is 2.00 bits per heavy atom. The van der Waals surface area contributed by atoms with Gasteiger partial charge in [-0.15, -0.1) is 0 Å². The second-order valence-electron chi connectivity index (χ2n) is 6.60. The van der Waals surface area contributed by atoms with Crippen molar-refractivity contribution in [2.24, 2.45) is 0 Å². The average Bonchev–Trinajstić information content (AvgIpc) is 2.78. The van der Waals surface area contributed by atoms with Crippen LogP contribution in [-0.4, -0.2) is 44.7 Å². The summed E-state index contributed by atoms with van der Waals surface area (Å²) >= 11 is 5.29. The second-order valence-corrected chi connectivity index (χ2v) is 6.97. The predicted octanol–water partition coefficient (Wildman–Crippen LogP) is 2.41. The van der Waals surface area contributed by atoms with Crippen molar-refractivity contribution in [1.82, 2.24) is 25.0 Å². The minimum atomic E-state index is -0.233. The van der Waals surface area contributed by atoms with Crippen molar-refractivity contribution < 1.29 is 4.79 Å². The largest absolute Gasteiger partial charge is 0.350 e. The first kappa shape index (κ1) is 17.4. The number of hydrogen-bond donors (Lipinski definition) is 2. The summed E-state index contributed by atoms with van der Waals surface area (Å²) in [7, 11) is 1.87. The number of rotatable bonds is 5. The van der Waals surface area contributed by atoms with E-state index >= 15 is 0 Å². The molecule has 0 fully saturated rings. The fourth-order valence-electron chi connectivity index (χ4n) is 2.17. The number of nitrogens with one attached hydrogen (secondary N) is 2. The molecule has 1 aromatic carbocycles.